The van der Waals surface area contributed by atoms with Gasteiger partial charge in [-0.3, -0.25) is 0 Å². The van der Waals surface area contributed by atoms with E-state index in [4.69, 9.17) is 17.3 Å². The van der Waals surface area contributed by atoms with E-state index < -0.39 is 11.5 Å². The number of hydrogen-bond acceptors (Lipinski definition) is 6. The van der Waals surface area contributed by atoms with Crippen molar-refractivity contribution in [3.05, 3.63) is 17.3 Å². The van der Waals surface area contributed by atoms with E-state index in [-0.39, 0.29) is 38.4 Å². The molecule has 0 spiro atoms. The molecular formula is C11H9ClN4O3S. The standard InChI is InChI=1S/C11H9ClN4O3S/c1-3-7(17)6-5(9(19)8(3)18)4(10(12)15-6)2-14-16-11(13)20/h2,17-19H,1H3,(H2,13,20)/b4-2-,16-14?. The Morgan fingerprint density at radius 2 is 1.95 bits per heavy atom. The molecule has 1 aliphatic rings. The van der Waals surface area contributed by atoms with Crippen LogP contribution in [0.5, 0.6) is 17.2 Å². The SMILES string of the molecule is Cc1c(O)c(O)c2c(c1O)N=C(Cl)/C2=C\N=NC(N)=S. The van der Waals surface area contributed by atoms with Crippen molar-refractivity contribution < 1.29 is 15.3 Å². The van der Waals surface area contributed by atoms with Crippen LogP contribution in [-0.2, 0) is 0 Å². The molecule has 0 bridgehead atoms. The number of phenols is 3. The van der Waals surface area contributed by atoms with Gasteiger partial charge in [-0.2, -0.15) is 5.11 Å². The van der Waals surface area contributed by atoms with Gasteiger partial charge in [0.15, 0.2) is 11.5 Å². The smallest absolute Gasteiger partial charge is 0.211 e. The van der Waals surface area contributed by atoms with Gasteiger partial charge in [0.05, 0.1) is 11.8 Å². The summed E-state index contributed by atoms with van der Waals surface area (Å²) in [7, 11) is 0. The van der Waals surface area contributed by atoms with Crippen molar-refractivity contribution in [2.45, 2.75) is 6.92 Å². The van der Waals surface area contributed by atoms with Crippen molar-refractivity contribution in [2.24, 2.45) is 21.0 Å². The molecule has 0 saturated carbocycles. The fraction of sp³-hybridized carbons (Fsp3) is 0.0909. The van der Waals surface area contributed by atoms with Gasteiger partial charge in [-0.1, -0.05) is 11.6 Å². The number of phenolic OH excluding ortho intramolecular Hbond substituents is 3. The monoisotopic (exact) mass is 312 g/mol. The predicted octanol–water partition coefficient (Wildman–Crippen LogP) is 2.43. The first-order valence-corrected chi connectivity index (χ1v) is 6.06. The van der Waals surface area contributed by atoms with Crippen LogP contribution in [0.25, 0.3) is 5.57 Å². The number of halogens is 1. The first kappa shape index (κ1) is 14.2. The summed E-state index contributed by atoms with van der Waals surface area (Å²) < 4.78 is 0. The van der Waals surface area contributed by atoms with Gasteiger partial charge in [-0.15, -0.1) is 5.11 Å². The van der Waals surface area contributed by atoms with E-state index in [2.05, 4.69) is 27.4 Å². The molecule has 20 heavy (non-hydrogen) atoms. The maximum Gasteiger partial charge on any atom is 0.211 e. The molecule has 0 saturated heterocycles. The quantitative estimate of drug-likeness (QED) is 0.274. The maximum absolute atomic E-state index is 9.96. The van der Waals surface area contributed by atoms with E-state index in [1.54, 1.807) is 0 Å². The second-order valence-electron chi connectivity index (χ2n) is 3.89. The molecule has 104 valence electrons. The molecule has 7 nitrogen and oxygen atoms in total. The van der Waals surface area contributed by atoms with E-state index in [1.165, 1.54) is 13.1 Å². The fourth-order valence-corrected chi connectivity index (χ4v) is 1.98. The molecule has 0 fully saturated rings. The summed E-state index contributed by atoms with van der Waals surface area (Å²) in [6.07, 6.45) is 1.17. The highest BCUT2D eigenvalue weighted by Gasteiger charge is 2.30. The Hall–Kier alpha value is -2.19. The van der Waals surface area contributed by atoms with E-state index in [1.807, 2.05) is 0 Å². The molecule has 0 amide bonds. The Labute approximate surface area is 123 Å². The Bertz CT molecular complexity index is 712. The lowest BCUT2D eigenvalue weighted by molar-refractivity contribution is 0.392. The van der Waals surface area contributed by atoms with Crippen molar-refractivity contribution in [3.8, 4) is 17.2 Å². The van der Waals surface area contributed by atoms with Crippen LogP contribution < -0.4 is 5.73 Å². The third-order valence-corrected chi connectivity index (χ3v) is 3.05. The van der Waals surface area contributed by atoms with Crippen molar-refractivity contribution in [2.75, 3.05) is 0 Å². The summed E-state index contributed by atoms with van der Waals surface area (Å²) in [5.41, 5.74) is 5.56. The van der Waals surface area contributed by atoms with E-state index in [0.717, 1.165) is 0 Å². The number of hydrogen-bond donors (Lipinski definition) is 4. The second-order valence-corrected chi connectivity index (χ2v) is 4.67. The minimum Gasteiger partial charge on any atom is -0.505 e. The zero-order valence-electron chi connectivity index (χ0n) is 10.1. The first-order chi connectivity index (χ1) is 9.34. The first-order valence-electron chi connectivity index (χ1n) is 5.27. The van der Waals surface area contributed by atoms with Gasteiger partial charge in [0.1, 0.15) is 16.6 Å². The summed E-state index contributed by atoms with van der Waals surface area (Å²) in [6.45, 7) is 1.43. The molecule has 0 radical (unpaired) electrons. The predicted molar refractivity (Wildman–Crippen MR) is 78.7 cm³/mol. The van der Waals surface area contributed by atoms with Gasteiger partial charge in [-0.05, 0) is 19.1 Å². The minimum absolute atomic E-state index is 0.0162. The number of fused-ring (bicyclic) bond motifs is 1. The normalized spacial score (nSPS) is 15.7. The molecule has 0 unspecified atom stereocenters. The third-order valence-electron chi connectivity index (χ3n) is 2.68. The summed E-state index contributed by atoms with van der Waals surface area (Å²) in [4.78, 5) is 3.92. The van der Waals surface area contributed by atoms with E-state index >= 15 is 0 Å². The number of nitrogens with zero attached hydrogens (tertiary/aromatic N) is 3. The largest absolute Gasteiger partial charge is 0.505 e. The summed E-state index contributed by atoms with van der Waals surface area (Å²) in [6, 6.07) is 0. The second kappa shape index (κ2) is 5.06. The van der Waals surface area contributed by atoms with Crippen molar-refractivity contribution >= 4 is 45.4 Å². The lowest BCUT2D eigenvalue weighted by Crippen LogP contribution is -2.01. The van der Waals surface area contributed by atoms with Crippen molar-refractivity contribution in [1.29, 1.82) is 0 Å². The average molecular weight is 313 g/mol. The number of aromatic hydroxyl groups is 3. The lowest BCUT2D eigenvalue weighted by Gasteiger charge is -2.10. The number of aliphatic imine (C=N–C) groups is 1. The highest BCUT2D eigenvalue weighted by atomic mass is 35.5. The lowest BCUT2D eigenvalue weighted by atomic mass is 10.0. The fourth-order valence-electron chi connectivity index (χ4n) is 1.70. The Kier molecular flexibility index (Phi) is 3.60. The zero-order valence-corrected chi connectivity index (χ0v) is 11.7. The summed E-state index contributed by atoms with van der Waals surface area (Å²) in [5.74, 6) is -1.19. The highest BCUT2D eigenvalue weighted by Crippen LogP contribution is 2.53. The molecule has 0 aliphatic carbocycles. The Balaban J connectivity index is 2.65. The summed E-state index contributed by atoms with van der Waals surface area (Å²) in [5, 5.41) is 36.4. The third kappa shape index (κ3) is 2.19. The van der Waals surface area contributed by atoms with E-state index in [9.17, 15) is 15.3 Å². The topological polar surface area (TPSA) is 124 Å². The molecule has 2 rings (SSSR count). The van der Waals surface area contributed by atoms with Crippen LogP contribution in [-0.4, -0.2) is 25.6 Å². The maximum atomic E-state index is 9.96. The van der Waals surface area contributed by atoms with Gasteiger partial charge in [0.25, 0.3) is 0 Å². The van der Waals surface area contributed by atoms with Crippen LogP contribution in [0, 0.1) is 6.92 Å². The number of azo groups is 1. The van der Waals surface area contributed by atoms with Crippen molar-refractivity contribution in [1.82, 2.24) is 0 Å². The van der Waals surface area contributed by atoms with Crippen molar-refractivity contribution in [3.63, 3.8) is 0 Å². The van der Waals surface area contributed by atoms with Crippen LogP contribution in [0.3, 0.4) is 0 Å². The van der Waals surface area contributed by atoms with E-state index in [0.29, 0.717) is 0 Å². The molecule has 9 heteroatoms. The molecular weight excluding hydrogens is 304 g/mol. The van der Waals surface area contributed by atoms with Crippen LogP contribution >= 0.6 is 23.8 Å². The van der Waals surface area contributed by atoms with Gasteiger partial charge >= 0.3 is 0 Å². The molecule has 1 aromatic rings. The van der Waals surface area contributed by atoms with Crippen LogP contribution in [0.1, 0.15) is 11.1 Å². The Morgan fingerprint density at radius 1 is 1.30 bits per heavy atom. The van der Waals surface area contributed by atoms with Crippen LogP contribution in [0.15, 0.2) is 21.4 Å². The molecule has 1 heterocycles. The van der Waals surface area contributed by atoms with Gasteiger partial charge < -0.3 is 21.1 Å². The average Bonchev–Trinajstić information content (AvgIpc) is 2.71. The molecule has 0 aromatic heterocycles. The zero-order chi connectivity index (χ0) is 15.0. The van der Waals surface area contributed by atoms with Gasteiger partial charge in [0.2, 0.25) is 5.11 Å². The minimum atomic E-state index is -0.458. The van der Waals surface area contributed by atoms with Crippen LogP contribution in [0.2, 0.25) is 0 Å². The molecule has 5 N–H and O–H groups in total. The Morgan fingerprint density at radius 3 is 2.55 bits per heavy atom. The number of allylic oxidation sites excluding steroid dienone is 1. The summed E-state index contributed by atoms with van der Waals surface area (Å²) >= 11 is 10.4. The number of benzene rings is 1. The van der Waals surface area contributed by atoms with Gasteiger partial charge in [0, 0.05) is 11.1 Å². The molecule has 0 atom stereocenters. The number of thiocarbonyl (C=S) groups is 1. The van der Waals surface area contributed by atoms with Gasteiger partial charge in [-0.25, -0.2) is 4.99 Å². The molecule has 1 aliphatic heterocycles. The number of nitrogens with two attached hydrogens (primary N) is 1. The number of rotatable bonds is 1. The molecule has 1 aromatic carbocycles. The van der Waals surface area contributed by atoms with Crippen LogP contribution in [0.4, 0.5) is 5.69 Å². The highest BCUT2D eigenvalue weighted by molar-refractivity contribution is 7.80.